The Kier molecular flexibility index (Phi) is 5.76. The molecule has 128 valence electrons. The molecular weight excluding hydrogens is 306 g/mol. The normalized spacial score (nSPS) is 17.3. The second-order valence-electron chi connectivity index (χ2n) is 5.78. The maximum absolute atomic E-state index is 12.5. The van der Waals surface area contributed by atoms with Crippen LogP contribution in [0.5, 0.6) is 5.75 Å². The molecule has 1 aliphatic carbocycles. The Morgan fingerprint density at radius 2 is 2.09 bits per heavy atom. The van der Waals surface area contributed by atoms with Gasteiger partial charge in [0.2, 0.25) is 0 Å². The minimum atomic E-state index is -2.92. The van der Waals surface area contributed by atoms with E-state index in [2.05, 4.69) is 15.4 Å². The van der Waals surface area contributed by atoms with Crippen LogP contribution < -0.4 is 15.4 Å². The second-order valence-corrected chi connectivity index (χ2v) is 5.78. The minimum Gasteiger partial charge on any atom is -0.434 e. The van der Waals surface area contributed by atoms with Gasteiger partial charge in [0.25, 0.3) is 0 Å². The quantitative estimate of drug-likeness (QED) is 0.721. The topological polar surface area (TPSA) is 70.6 Å². The molecule has 1 atom stereocenters. The molecule has 0 heterocycles. The number of para-hydroxylation sites is 1. The number of urea groups is 1. The van der Waals surface area contributed by atoms with Crippen molar-refractivity contribution in [3.05, 3.63) is 29.8 Å². The highest BCUT2D eigenvalue weighted by Crippen LogP contribution is 2.31. The fourth-order valence-corrected chi connectivity index (χ4v) is 2.59. The van der Waals surface area contributed by atoms with Crippen LogP contribution in [0.3, 0.4) is 0 Å². The monoisotopic (exact) mass is 328 g/mol. The number of alkyl halides is 2. The molecule has 7 heteroatoms. The average Bonchev–Trinajstić information content (AvgIpc) is 2.49. The van der Waals surface area contributed by atoms with Crippen LogP contribution >= 0.6 is 0 Å². The molecule has 0 aliphatic heterocycles. The van der Waals surface area contributed by atoms with Gasteiger partial charge in [-0.25, -0.2) is 4.79 Å². The number of benzene rings is 1. The van der Waals surface area contributed by atoms with Crippen molar-refractivity contribution in [1.82, 2.24) is 10.6 Å². The number of nitrogens with one attached hydrogen (secondary N) is 2. The summed E-state index contributed by atoms with van der Waals surface area (Å²) < 4.78 is 29.5. The molecule has 0 saturated heterocycles. The minimum absolute atomic E-state index is 0.0484. The molecule has 0 bridgehead atoms. The van der Waals surface area contributed by atoms with E-state index in [4.69, 9.17) is 0 Å². The number of halogens is 2. The molecule has 1 unspecified atom stereocenters. The van der Waals surface area contributed by atoms with E-state index < -0.39 is 24.3 Å². The van der Waals surface area contributed by atoms with Crippen LogP contribution in [0.4, 0.5) is 13.6 Å². The number of carbonyl (C=O) groups excluding carboxylic acids is 1. The van der Waals surface area contributed by atoms with Gasteiger partial charge in [0.1, 0.15) is 5.75 Å². The Bertz CT molecular complexity index is 536. The van der Waals surface area contributed by atoms with Crippen molar-refractivity contribution in [3.8, 4) is 5.75 Å². The lowest BCUT2D eigenvalue weighted by molar-refractivity contribution is -0.0507. The van der Waals surface area contributed by atoms with Crippen LogP contribution in [0.2, 0.25) is 0 Å². The van der Waals surface area contributed by atoms with Crippen molar-refractivity contribution in [3.63, 3.8) is 0 Å². The smallest absolute Gasteiger partial charge is 0.387 e. The highest BCUT2D eigenvalue weighted by atomic mass is 19.3. The summed E-state index contributed by atoms with van der Waals surface area (Å²) in [7, 11) is 0. The van der Waals surface area contributed by atoms with Crippen molar-refractivity contribution in [1.29, 1.82) is 0 Å². The number of rotatable bonds is 7. The molecule has 0 spiro atoms. The van der Waals surface area contributed by atoms with Crippen LogP contribution in [0.1, 0.15) is 44.2 Å². The Balaban J connectivity index is 1.97. The third kappa shape index (κ3) is 4.79. The van der Waals surface area contributed by atoms with E-state index in [0.29, 0.717) is 24.8 Å². The zero-order valence-corrected chi connectivity index (χ0v) is 13.0. The van der Waals surface area contributed by atoms with Crippen molar-refractivity contribution >= 4 is 6.03 Å². The van der Waals surface area contributed by atoms with Gasteiger partial charge in [0, 0.05) is 12.1 Å². The number of hydrogen-bond acceptors (Lipinski definition) is 3. The maximum Gasteiger partial charge on any atom is 0.387 e. The van der Waals surface area contributed by atoms with Gasteiger partial charge in [-0.2, -0.15) is 8.78 Å². The molecule has 1 aromatic carbocycles. The largest absolute Gasteiger partial charge is 0.434 e. The van der Waals surface area contributed by atoms with E-state index in [1.54, 1.807) is 18.2 Å². The van der Waals surface area contributed by atoms with Crippen LogP contribution in [0, 0.1) is 0 Å². The van der Waals surface area contributed by atoms with Crippen LogP contribution in [0.25, 0.3) is 0 Å². The predicted molar refractivity (Wildman–Crippen MR) is 81.4 cm³/mol. The van der Waals surface area contributed by atoms with Crippen LogP contribution in [-0.4, -0.2) is 29.9 Å². The molecule has 1 saturated carbocycles. The first-order chi connectivity index (χ1) is 10.9. The van der Waals surface area contributed by atoms with Crippen LogP contribution in [-0.2, 0) is 0 Å². The number of hydrogen-bond donors (Lipinski definition) is 3. The summed E-state index contributed by atoms with van der Waals surface area (Å²) in [6.07, 6.45) is 2.82. The third-order valence-electron chi connectivity index (χ3n) is 4.09. The van der Waals surface area contributed by atoms with Gasteiger partial charge in [-0.05, 0) is 31.7 Å². The zero-order chi connectivity index (χ0) is 16.9. The molecule has 1 aromatic rings. The zero-order valence-electron chi connectivity index (χ0n) is 13.0. The van der Waals surface area contributed by atoms with Gasteiger partial charge in [-0.15, -0.1) is 0 Å². The van der Waals surface area contributed by atoms with E-state index in [-0.39, 0.29) is 12.3 Å². The summed E-state index contributed by atoms with van der Waals surface area (Å²) in [6, 6.07) is 5.49. The lowest BCUT2D eigenvalue weighted by Gasteiger charge is -2.36. The molecule has 2 rings (SSSR count). The molecule has 0 aromatic heterocycles. The molecule has 23 heavy (non-hydrogen) atoms. The molecule has 1 aliphatic rings. The first-order valence-electron chi connectivity index (χ1n) is 7.74. The van der Waals surface area contributed by atoms with E-state index in [0.717, 1.165) is 6.42 Å². The highest BCUT2D eigenvalue weighted by Gasteiger charge is 2.34. The SMILES string of the molecule is CCC(NC(=O)NCC1(O)CCC1)c1ccccc1OC(F)F. The van der Waals surface area contributed by atoms with Gasteiger partial charge in [0.15, 0.2) is 0 Å². The van der Waals surface area contributed by atoms with Crippen LogP contribution in [0.15, 0.2) is 24.3 Å². The Hall–Kier alpha value is -1.89. The second kappa shape index (κ2) is 7.59. The summed E-state index contributed by atoms with van der Waals surface area (Å²) in [5, 5.41) is 15.3. The predicted octanol–water partition coefficient (Wildman–Crippen LogP) is 2.95. The number of amides is 2. The van der Waals surface area contributed by atoms with Crippen molar-refractivity contribution in [2.45, 2.75) is 50.9 Å². The van der Waals surface area contributed by atoms with Gasteiger partial charge in [0.05, 0.1) is 11.6 Å². The fraction of sp³-hybridized carbons (Fsp3) is 0.562. The summed E-state index contributed by atoms with van der Waals surface area (Å²) in [5.74, 6) is 0.0484. The summed E-state index contributed by atoms with van der Waals surface area (Å²) in [5.41, 5.74) is -0.316. The average molecular weight is 328 g/mol. The van der Waals surface area contributed by atoms with Gasteiger partial charge >= 0.3 is 12.6 Å². The van der Waals surface area contributed by atoms with Gasteiger partial charge < -0.3 is 20.5 Å². The lowest BCUT2D eigenvalue weighted by Crippen LogP contribution is -2.50. The Morgan fingerprint density at radius 1 is 1.39 bits per heavy atom. The third-order valence-corrected chi connectivity index (χ3v) is 4.09. The van der Waals surface area contributed by atoms with E-state index in [1.807, 2.05) is 6.92 Å². The van der Waals surface area contributed by atoms with Crippen molar-refractivity contribution < 1.29 is 23.4 Å². The lowest BCUT2D eigenvalue weighted by atomic mass is 9.80. The van der Waals surface area contributed by atoms with Gasteiger partial charge in [-0.1, -0.05) is 25.1 Å². The number of carbonyl (C=O) groups is 1. The summed E-state index contributed by atoms with van der Waals surface area (Å²) in [4.78, 5) is 12.0. The van der Waals surface area contributed by atoms with E-state index in [1.165, 1.54) is 6.07 Å². The highest BCUT2D eigenvalue weighted by molar-refractivity contribution is 5.74. The number of ether oxygens (including phenoxy) is 1. The molecule has 3 N–H and O–H groups in total. The van der Waals surface area contributed by atoms with Gasteiger partial charge in [-0.3, -0.25) is 0 Å². The summed E-state index contributed by atoms with van der Waals surface area (Å²) in [6.45, 7) is -0.899. The van der Waals surface area contributed by atoms with E-state index >= 15 is 0 Å². The van der Waals surface area contributed by atoms with E-state index in [9.17, 15) is 18.7 Å². The molecular formula is C16H22F2N2O3. The first-order valence-corrected chi connectivity index (χ1v) is 7.74. The molecule has 2 amide bonds. The van der Waals surface area contributed by atoms with Crippen molar-refractivity contribution in [2.75, 3.05) is 6.54 Å². The maximum atomic E-state index is 12.5. The Morgan fingerprint density at radius 3 is 2.65 bits per heavy atom. The summed E-state index contributed by atoms with van der Waals surface area (Å²) >= 11 is 0. The molecule has 1 fully saturated rings. The molecule has 0 radical (unpaired) electrons. The standard InChI is InChI=1S/C16H22F2N2O3/c1-2-12(11-6-3-4-7-13(11)23-14(17)18)20-15(21)19-10-16(22)8-5-9-16/h3-4,6-7,12,14,22H,2,5,8-10H2,1H3,(H2,19,20,21). The number of aliphatic hydroxyl groups is 1. The first kappa shape index (κ1) is 17.5. The van der Waals surface area contributed by atoms with Crippen molar-refractivity contribution in [2.24, 2.45) is 0 Å². The Labute approximate surface area is 134 Å². The molecule has 5 nitrogen and oxygen atoms in total. The fourth-order valence-electron chi connectivity index (χ4n) is 2.59.